The molecule has 3 aromatic rings. The lowest BCUT2D eigenvalue weighted by atomic mass is 10.1. The van der Waals surface area contributed by atoms with E-state index in [2.05, 4.69) is 52.1 Å². The molecule has 0 unspecified atom stereocenters. The van der Waals surface area contributed by atoms with E-state index in [4.69, 9.17) is 0 Å². The van der Waals surface area contributed by atoms with Gasteiger partial charge < -0.3 is 9.88 Å². The van der Waals surface area contributed by atoms with E-state index in [0.29, 0.717) is 6.54 Å². The van der Waals surface area contributed by atoms with Gasteiger partial charge in [0, 0.05) is 13.5 Å². The molecule has 112 valence electrons. The molecule has 0 aliphatic rings. The number of fused-ring (bicyclic) bond motifs is 1. The van der Waals surface area contributed by atoms with Gasteiger partial charge >= 0.3 is 0 Å². The molecule has 1 heterocycles. The molecule has 1 amide bonds. The van der Waals surface area contributed by atoms with E-state index in [1.165, 1.54) is 18.1 Å². The summed E-state index contributed by atoms with van der Waals surface area (Å²) in [5, 5.41) is 2.84. The van der Waals surface area contributed by atoms with Crippen molar-refractivity contribution >= 4 is 16.9 Å². The highest BCUT2D eigenvalue weighted by Gasteiger charge is 2.11. The normalized spacial score (nSPS) is 10.8. The van der Waals surface area contributed by atoms with Gasteiger partial charge in [0.25, 0.3) is 0 Å². The number of hydrogen-bond donors (Lipinski definition) is 1. The van der Waals surface area contributed by atoms with E-state index in [1.807, 2.05) is 18.2 Å². The Morgan fingerprint density at radius 1 is 1.18 bits per heavy atom. The van der Waals surface area contributed by atoms with Crippen LogP contribution in [0.3, 0.4) is 0 Å². The van der Waals surface area contributed by atoms with Gasteiger partial charge in [-0.2, -0.15) is 0 Å². The first-order valence-corrected chi connectivity index (χ1v) is 7.37. The highest BCUT2D eigenvalue weighted by atomic mass is 16.1. The molecule has 0 fully saturated rings. The van der Waals surface area contributed by atoms with Crippen LogP contribution < -0.4 is 5.32 Å². The minimum atomic E-state index is -0.0471. The molecular weight excluding hydrogens is 274 g/mol. The lowest BCUT2D eigenvalue weighted by molar-refractivity contribution is -0.119. The fourth-order valence-electron chi connectivity index (χ4n) is 2.63. The third kappa shape index (κ3) is 3.01. The molecular formula is C18H19N3O. The Hall–Kier alpha value is -2.62. The SMILES string of the molecule is CC(=O)NCc1nc2ccccc2n1Cc1cccc(C)c1. The van der Waals surface area contributed by atoms with Gasteiger partial charge in [0.2, 0.25) is 5.91 Å². The van der Waals surface area contributed by atoms with E-state index < -0.39 is 0 Å². The predicted molar refractivity (Wildman–Crippen MR) is 87.5 cm³/mol. The predicted octanol–water partition coefficient (Wildman–Crippen LogP) is 3.03. The summed E-state index contributed by atoms with van der Waals surface area (Å²) < 4.78 is 2.17. The highest BCUT2D eigenvalue weighted by Crippen LogP contribution is 2.18. The van der Waals surface area contributed by atoms with Gasteiger partial charge in [-0.3, -0.25) is 4.79 Å². The number of carbonyl (C=O) groups is 1. The maximum Gasteiger partial charge on any atom is 0.217 e. The summed E-state index contributed by atoms with van der Waals surface area (Å²) in [7, 11) is 0. The molecule has 2 aromatic carbocycles. The van der Waals surface area contributed by atoms with E-state index in [-0.39, 0.29) is 5.91 Å². The maximum absolute atomic E-state index is 11.2. The van der Waals surface area contributed by atoms with Crippen molar-refractivity contribution in [3.8, 4) is 0 Å². The Kier molecular flexibility index (Phi) is 3.92. The molecule has 0 spiro atoms. The van der Waals surface area contributed by atoms with Gasteiger partial charge in [0.05, 0.1) is 17.6 Å². The van der Waals surface area contributed by atoms with E-state index in [1.54, 1.807) is 0 Å². The van der Waals surface area contributed by atoms with Crippen molar-refractivity contribution in [3.63, 3.8) is 0 Å². The third-order valence-electron chi connectivity index (χ3n) is 3.65. The number of imidazole rings is 1. The van der Waals surface area contributed by atoms with Gasteiger partial charge in [-0.15, -0.1) is 0 Å². The van der Waals surface area contributed by atoms with E-state index >= 15 is 0 Å². The summed E-state index contributed by atoms with van der Waals surface area (Å²) in [6.45, 7) is 4.80. The standard InChI is InChI=1S/C18H19N3O/c1-13-6-5-7-15(10-13)12-21-17-9-4-3-8-16(17)20-18(21)11-19-14(2)22/h3-10H,11-12H2,1-2H3,(H,19,22). The summed E-state index contributed by atoms with van der Waals surface area (Å²) in [6.07, 6.45) is 0. The second-order valence-electron chi connectivity index (χ2n) is 5.50. The molecule has 0 saturated carbocycles. The van der Waals surface area contributed by atoms with Crippen molar-refractivity contribution in [2.45, 2.75) is 26.9 Å². The van der Waals surface area contributed by atoms with Crippen molar-refractivity contribution < 1.29 is 4.79 Å². The van der Waals surface area contributed by atoms with Gasteiger partial charge in [-0.25, -0.2) is 4.98 Å². The number of aryl methyl sites for hydroxylation is 1. The zero-order valence-electron chi connectivity index (χ0n) is 12.8. The van der Waals surface area contributed by atoms with Gasteiger partial charge in [-0.1, -0.05) is 42.0 Å². The molecule has 0 atom stereocenters. The Balaban J connectivity index is 2.01. The van der Waals surface area contributed by atoms with Crippen LogP contribution in [0, 0.1) is 6.92 Å². The Morgan fingerprint density at radius 2 is 2.00 bits per heavy atom. The van der Waals surface area contributed by atoms with Crippen LogP contribution in [0.4, 0.5) is 0 Å². The van der Waals surface area contributed by atoms with Crippen LogP contribution in [0.2, 0.25) is 0 Å². The first-order valence-electron chi connectivity index (χ1n) is 7.37. The van der Waals surface area contributed by atoms with Crippen molar-refractivity contribution in [2.75, 3.05) is 0 Å². The second kappa shape index (κ2) is 6.02. The van der Waals surface area contributed by atoms with Gasteiger partial charge in [0.1, 0.15) is 5.82 Å². The Morgan fingerprint density at radius 3 is 2.77 bits per heavy atom. The monoisotopic (exact) mass is 293 g/mol. The van der Waals surface area contributed by atoms with Crippen LogP contribution >= 0.6 is 0 Å². The fraction of sp³-hybridized carbons (Fsp3) is 0.222. The summed E-state index contributed by atoms with van der Waals surface area (Å²) in [5.41, 5.74) is 4.51. The Labute approximate surface area is 129 Å². The molecule has 22 heavy (non-hydrogen) atoms. The summed E-state index contributed by atoms with van der Waals surface area (Å²) in [6, 6.07) is 16.5. The first-order chi connectivity index (χ1) is 10.6. The second-order valence-corrected chi connectivity index (χ2v) is 5.50. The number of benzene rings is 2. The van der Waals surface area contributed by atoms with Crippen LogP contribution in [0.1, 0.15) is 23.9 Å². The molecule has 0 bridgehead atoms. The molecule has 4 nitrogen and oxygen atoms in total. The minimum absolute atomic E-state index is 0.0471. The van der Waals surface area contributed by atoms with Crippen molar-refractivity contribution in [1.29, 1.82) is 0 Å². The average molecular weight is 293 g/mol. The number of hydrogen-bond acceptors (Lipinski definition) is 2. The molecule has 4 heteroatoms. The third-order valence-corrected chi connectivity index (χ3v) is 3.65. The number of amides is 1. The van der Waals surface area contributed by atoms with Crippen LogP contribution in [0.25, 0.3) is 11.0 Å². The lowest BCUT2D eigenvalue weighted by Gasteiger charge is -2.10. The average Bonchev–Trinajstić information content (AvgIpc) is 2.83. The van der Waals surface area contributed by atoms with Crippen LogP contribution in [0.5, 0.6) is 0 Å². The first kappa shape index (κ1) is 14.3. The number of nitrogens with zero attached hydrogens (tertiary/aromatic N) is 2. The highest BCUT2D eigenvalue weighted by molar-refractivity contribution is 5.76. The summed E-state index contributed by atoms with van der Waals surface area (Å²) >= 11 is 0. The van der Waals surface area contributed by atoms with Gasteiger partial charge in [0.15, 0.2) is 0 Å². The zero-order valence-corrected chi connectivity index (χ0v) is 12.8. The largest absolute Gasteiger partial charge is 0.349 e. The molecule has 3 rings (SSSR count). The molecule has 0 aliphatic heterocycles. The minimum Gasteiger partial charge on any atom is -0.349 e. The fourth-order valence-corrected chi connectivity index (χ4v) is 2.63. The summed E-state index contributed by atoms with van der Waals surface area (Å²) in [5.74, 6) is 0.826. The summed E-state index contributed by atoms with van der Waals surface area (Å²) in [4.78, 5) is 15.8. The quantitative estimate of drug-likeness (QED) is 0.803. The molecule has 0 saturated heterocycles. The molecule has 0 aliphatic carbocycles. The molecule has 0 radical (unpaired) electrons. The molecule has 1 aromatic heterocycles. The number of carbonyl (C=O) groups excluding carboxylic acids is 1. The van der Waals surface area contributed by atoms with Crippen molar-refractivity contribution in [1.82, 2.24) is 14.9 Å². The van der Waals surface area contributed by atoms with E-state index in [0.717, 1.165) is 23.4 Å². The lowest BCUT2D eigenvalue weighted by Crippen LogP contribution is -2.21. The van der Waals surface area contributed by atoms with E-state index in [9.17, 15) is 4.79 Å². The van der Waals surface area contributed by atoms with Crippen molar-refractivity contribution in [2.24, 2.45) is 0 Å². The number of aromatic nitrogens is 2. The van der Waals surface area contributed by atoms with Crippen LogP contribution in [-0.4, -0.2) is 15.5 Å². The van der Waals surface area contributed by atoms with Crippen molar-refractivity contribution in [3.05, 3.63) is 65.5 Å². The maximum atomic E-state index is 11.2. The number of nitrogens with one attached hydrogen (secondary N) is 1. The molecule has 1 N–H and O–H groups in total. The van der Waals surface area contributed by atoms with Crippen LogP contribution in [0.15, 0.2) is 48.5 Å². The smallest absolute Gasteiger partial charge is 0.217 e. The van der Waals surface area contributed by atoms with Crippen LogP contribution in [-0.2, 0) is 17.9 Å². The number of para-hydroxylation sites is 2. The number of rotatable bonds is 4. The zero-order chi connectivity index (χ0) is 15.5. The topological polar surface area (TPSA) is 46.9 Å². The van der Waals surface area contributed by atoms with Gasteiger partial charge in [-0.05, 0) is 24.6 Å². The Bertz CT molecular complexity index is 820.